The Morgan fingerprint density at radius 2 is 1.76 bits per heavy atom. The number of carbonyl (C=O) groups excluding carboxylic acids is 1. The van der Waals surface area contributed by atoms with Gasteiger partial charge in [-0.25, -0.2) is 0 Å². The summed E-state index contributed by atoms with van der Waals surface area (Å²) in [6.45, 7) is 9.61. The molecule has 6 atom stereocenters. The molecule has 3 saturated heterocycles. The van der Waals surface area contributed by atoms with Crippen molar-refractivity contribution in [1.82, 2.24) is 15.5 Å². The maximum absolute atomic E-state index is 14.0. The van der Waals surface area contributed by atoms with Crippen molar-refractivity contribution in [3.63, 3.8) is 0 Å². The summed E-state index contributed by atoms with van der Waals surface area (Å²) in [5.41, 5.74) is 2.08. The van der Waals surface area contributed by atoms with Crippen molar-refractivity contribution < 1.29 is 4.79 Å². The molecule has 4 fully saturated rings. The Bertz CT molecular complexity index is 946. The molecule has 0 radical (unpaired) electrons. The van der Waals surface area contributed by atoms with Crippen LogP contribution in [-0.2, 0) is 17.9 Å². The van der Waals surface area contributed by atoms with E-state index in [9.17, 15) is 4.79 Å². The molecule has 4 bridgehead atoms. The monoisotopic (exact) mass is 445 g/mol. The third-order valence-electron chi connectivity index (χ3n) is 8.46. The maximum Gasteiger partial charge on any atom is 0.240 e. The highest BCUT2D eigenvalue weighted by Crippen LogP contribution is 2.56. The second-order valence-corrected chi connectivity index (χ2v) is 11.0. The van der Waals surface area contributed by atoms with Crippen LogP contribution in [0.3, 0.4) is 0 Å². The summed E-state index contributed by atoms with van der Waals surface area (Å²) in [5.74, 6) is 2.35. The molecule has 176 valence electrons. The molecule has 0 spiro atoms. The van der Waals surface area contributed by atoms with Gasteiger partial charge in [0, 0.05) is 37.6 Å². The van der Waals surface area contributed by atoms with Gasteiger partial charge in [-0.05, 0) is 48.1 Å². The first kappa shape index (κ1) is 22.6. The van der Waals surface area contributed by atoms with Crippen LogP contribution in [0.5, 0.6) is 0 Å². The lowest BCUT2D eigenvalue weighted by atomic mass is 9.55. The fraction of sp³-hybridized carbons (Fsp3) is 0.552. The molecule has 6 rings (SSSR count). The van der Waals surface area contributed by atoms with Gasteiger partial charge in [0.15, 0.2) is 0 Å². The van der Waals surface area contributed by atoms with Crippen LogP contribution in [0.25, 0.3) is 0 Å². The molecule has 1 amide bonds. The Labute approximate surface area is 199 Å². The van der Waals surface area contributed by atoms with E-state index in [-0.39, 0.29) is 5.91 Å². The van der Waals surface area contributed by atoms with Crippen LogP contribution in [0.1, 0.15) is 51.2 Å². The van der Waals surface area contributed by atoms with Crippen LogP contribution in [0, 0.1) is 23.7 Å². The van der Waals surface area contributed by atoms with E-state index in [1.54, 1.807) is 0 Å². The molecule has 4 aliphatic rings. The zero-order chi connectivity index (χ0) is 23.0. The van der Waals surface area contributed by atoms with Gasteiger partial charge in [0.05, 0.1) is 0 Å². The van der Waals surface area contributed by atoms with Gasteiger partial charge in [-0.2, -0.15) is 0 Å². The van der Waals surface area contributed by atoms with Gasteiger partial charge >= 0.3 is 0 Å². The molecular formula is C29H39N3O. The van der Waals surface area contributed by atoms with E-state index < -0.39 is 5.54 Å². The van der Waals surface area contributed by atoms with Crippen molar-refractivity contribution in [2.75, 3.05) is 6.54 Å². The molecule has 3 heterocycles. The molecule has 33 heavy (non-hydrogen) atoms. The first-order valence-electron chi connectivity index (χ1n) is 12.9. The number of hydrogen-bond acceptors (Lipinski definition) is 3. The molecular weight excluding hydrogens is 406 g/mol. The molecule has 2 aromatic carbocycles. The van der Waals surface area contributed by atoms with E-state index in [1.165, 1.54) is 5.56 Å². The molecule has 2 aromatic rings. The lowest BCUT2D eigenvalue weighted by Crippen LogP contribution is -2.77. The predicted molar refractivity (Wildman–Crippen MR) is 133 cm³/mol. The van der Waals surface area contributed by atoms with E-state index in [2.05, 4.69) is 78.8 Å². The molecule has 1 aliphatic carbocycles. The maximum atomic E-state index is 14.0. The van der Waals surface area contributed by atoms with E-state index in [4.69, 9.17) is 0 Å². The van der Waals surface area contributed by atoms with Crippen molar-refractivity contribution in [2.24, 2.45) is 23.7 Å². The quantitative estimate of drug-likeness (QED) is 0.624. The molecule has 0 aromatic heterocycles. The highest BCUT2D eigenvalue weighted by molar-refractivity contribution is 5.87. The Morgan fingerprint density at radius 1 is 1.09 bits per heavy atom. The second-order valence-electron chi connectivity index (χ2n) is 11.0. The van der Waals surface area contributed by atoms with Crippen LogP contribution >= 0.6 is 0 Å². The zero-order valence-electron chi connectivity index (χ0n) is 20.3. The SMILES string of the molecule is CCC1N[C@@]2(C(=O)NCc3ccccc3)C[C@@H]3CN(Cc4ccccc4)[C@@H]([C@H]13)[C@H]2CC(C)C. The number of carbonyl (C=O) groups is 1. The largest absolute Gasteiger partial charge is 0.350 e. The van der Waals surface area contributed by atoms with E-state index in [1.807, 2.05) is 18.2 Å². The number of likely N-dealkylation sites (tertiary alicyclic amines) is 1. The van der Waals surface area contributed by atoms with E-state index in [0.29, 0.717) is 42.3 Å². The minimum atomic E-state index is -0.463. The number of nitrogens with one attached hydrogen (secondary N) is 2. The Hall–Kier alpha value is -2.17. The normalized spacial score (nSPS) is 32.9. The smallest absolute Gasteiger partial charge is 0.240 e. The van der Waals surface area contributed by atoms with Crippen LogP contribution in [0.2, 0.25) is 0 Å². The molecule has 4 nitrogen and oxygen atoms in total. The first-order chi connectivity index (χ1) is 16.0. The Balaban J connectivity index is 1.45. The summed E-state index contributed by atoms with van der Waals surface area (Å²) in [6.07, 6.45) is 3.13. The zero-order valence-corrected chi connectivity index (χ0v) is 20.3. The average molecular weight is 446 g/mol. The van der Waals surface area contributed by atoms with Crippen LogP contribution in [0.15, 0.2) is 60.7 Å². The van der Waals surface area contributed by atoms with Crippen molar-refractivity contribution in [1.29, 1.82) is 0 Å². The van der Waals surface area contributed by atoms with Crippen molar-refractivity contribution in [3.05, 3.63) is 71.8 Å². The summed E-state index contributed by atoms with van der Waals surface area (Å²) >= 11 is 0. The molecule has 1 saturated carbocycles. The number of amides is 1. The van der Waals surface area contributed by atoms with Gasteiger partial charge in [0.2, 0.25) is 5.91 Å². The van der Waals surface area contributed by atoms with Crippen molar-refractivity contribution in [2.45, 2.75) is 70.7 Å². The highest BCUT2D eigenvalue weighted by atomic mass is 16.2. The molecule has 4 heteroatoms. The average Bonchev–Trinajstić information content (AvgIpc) is 3.13. The predicted octanol–water partition coefficient (Wildman–Crippen LogP) is 4.61. The van der Waals surface area contributed by atoms with Crippen LogP contribution < -0.4 is 10.6 Å². The molecule has 1 unspecified atom stereocenters. The Morgan fingerprint density at radius 3 is 2.39 bits per heavy atom. The van der Waals surface area contributed by atoms with Crippen LogP contribution in [-0.4, -0.2) is 35.0 Å². The van der Waals surface area contributed by atoms with Crippen LogP contribution in [0.4, 0.5) is 0 Å². The highest BCUT2D eigenvalue weighted by Gasteiger charge is 2.67. The lowest BCUT2D eigenvalue weighted by molar-refractivity contribution is -0.143. The fourth-order valence-electron chi connectivity index (χ4n) is 7.28. The molecule has 3 aliphatic heterocycles. The number of piperidine rings is 2. The minimum Gasteiger partial charge on any atom is -0.350 e. The number of hydrogen-bond donors (Lipinski definition) is 2. The van der Waals surface area contributed by atoms with Gasteiger partial charge in [-0.3, -0.25) is 15.0 Å². The lowest BCUT2D eigenvalue weighted by Gasteiger charge is -2.59. The second kappa shape index (κ2) is 9.23. The first-order valence-corrected chi connectivity index (χ1v) is 12.9. The van der Waals surface area contributed by atoms with E-state index in [0.717, 1.165) is 37.9 Å². The summed E-state index contributed by atoms with van der Waals surface area (Å²) in [6, 6.07) is 22.1. The van der Waals surface area contributed by atoms with Gasteiger partial charge in [-0.1, -0.05) is 81.4 Å². The summed E-state index contributed by atoms with van der Waals surface area (Å²) < 4.78 is 0. The van der Waals surface area contributed by atoms with E-state index >= 15 is 0 Å². The summed E-state index contributed by atoms with van der Waals surface area (Å²) in [7, 11) is 0. The third kappa shape index (κ3) is 4.13. The molecule has 2 N–H and O–H groups in total. The van der Waals surface area contributed by atoms with Crippen molar-refractivity contribution >= 4 is 5.91 Å². The summed E-state index contributed by atoms with van der Waals surface area (Å²) in [5, 5.41) is 7.30. The standard InChI is InChI=1S/C29H39N3O/c1-4-25-26-23-16-29(31-25,28(33)30-17-21-11-7-5-8-12-21)24(15-20(2)3)27(26)32(19-23)18-22-13-9-6-10-14-22/h5-14,20,23-27,31H,4,15-19H2,1-3H3,(H,30,33)/t23-,24-,25?,26+,27-,29+/m1/s1. The van der Waals surface area contributed by atoms with Gasteiger partial charge < -0.3 is 5.32 Å². The van der Waals surface area contributed by atoms with Gasteiger partial charge in [0.1, 0.15) is 5.54 Å². The number of benzene rings is 2. The Kier molecular flexibility index (Phi) is 6.32. The third-order valence-corrected chi connectivity index (χ3v) is 8.46. The minimum absolute atomic E-state index is 0.213. The number of nitrogens with zero attached hydrogens (tertiary/aromatic N) is 1. The number of fused-ring (bicyclic) bond motifs is 1. The topological polar surface area (TPSA) is 44.4 Å². The summed E-state index contributed by atoms with van der Waals surface area (Å²) in [4.78, 5) is 16.7. The number of rotatable bonds is 8. The fourth-order valence-corrected chi connectivity index (χ4v) is 7.28. The van der Waals surface area contributed by atoms with Crippen molar-refractivity contribution in [3.8, 4) is 0 Å². The van der Waals surface area contributed by atoms with Gasteiger partial charge in [0.25, 0.3) is 0 Å². The van der Waals surface area contributed by atoms with Gasteiger partial charge in [-0.15, -0.1) is 0 Å².